The Bertz CT molecular complexity index is 749. The minimum atomic E-state index is -0.280. The molecule has 1 aromatic heterocycles. The van der Waals surface area contributed by atoms with E-state index in [0.29, 0.717) is 17.3 Å². The highest BCUT2D eigenvalue weighted by atomic mass is 32.2. The van der Waals surface area contributed by atoms with Gasteiger partial charge in [-0.1, -0.05) is 45.0 Å². The molecule has 2 aromatic rings. The fraction of sp³-hybridized carbons (Fsp3) is 0.421. The number of amides is 1. The van der Waals surface area contributed by atoms with E-state index in [0.717, 1.165) is 11.3 Å². The van der Waals surface area contributed by atoms with Crippen molar-refractivity contribution in [2.75, 3.05) is 23.9 Å². The molecular weight excluding hydrogens is 368 g/mol. The zero-order valence-corrected chi connectivity index (χ0v) is 17.1. The number of nitrogens with one attached hydrogen (secondary N) is 1. The molecule has 0 bridgehead atoms. The van der Waals surface area contributed by atoms with Crippen molar-refractivity contribution in [2.45, 2.75) is 32.6 Å². The van der Waals surface area contributed by atoms with Crippen LogP contribution in [0.3, 0.4) is 0 Å². The van der Waals surface area contributed by atoms with Gasteiger partial charge in [0.15, 0.2) is 5.13 Å². The SMILES string of the molecule is COC(=O)CSCCC(=O)Nc1nc(-c2ccc(C(C)(C)C)cc2)cs1. The largest absolute Gasteiger partial charge is 0.468 e. The van der Waals surface area contributed by atoms with Gasteiger partial charge < -0.3 is 10.1 Å². The van der Waals surface area contributed by atoms with Gasteiger partial charge in [0.1, 0.15) is 0 Å². The Kier molecular flexibility index (Phi) is 7.23. The van der Waals surface area contributed by atoms with Crippen molar-refractivity contribution in [3.05, 3.63) is 35.2 Å². The third kappa shape index (κ3) is 6.14. The summed E-state index contributed by atoms with van der Waals surface area (Å²) >= 11 is 2.78. The van der Waals surface area contributed by atoms with Crippen LogP contribution in [0.1, 0.15) is 32.8 Å². The maximum Gasteiger partial charge on any atom is 0.315 e. The molecular formula is C19H24N2O3S2. The van der Waals surface area contributed by atoms with E-state index in [1.165, 1.54) is 35.8 Å². The second-order valence-corrected chi connectivity index (χ2v) is 8.76. The van der Waals surface area contributed by atoms with E-state index in [4.69, 9.17) is 0 Å². The Hall–Kier alpha value is -1.86. The smallest absolute Gasteiger partial charge is 0.315 e. The summed E-state index contributed by atoms with van der Waals surface area (Å²) in [5.74, 6) is 0.437. The van der Waals surface area contributed by atoms with Gasteiger partial charge >= 0.3 is 5.97 Å². The van der Waals surface area contributed by atoms with Crippen molar-refractivity contribution in [1.82, 2.24) is 4.98 Å². The standard InChI is InChI=1S/C19H24N2O3S2/c1-19(2,3)14-7-5-13(6-8-14)15-11-26-18(20-15)21-16(22)9-10-25-12-17(23)24-4/h5-8,11H,9-10,12H2,1-4H3,(H,20,21,22). The molecule has 0 aliphatic carbocycles. The zero-order valence-electron chi connectivity index (χ0n) is 15.5. The fourth-order valence-electron chi connectivity index (χ4n) is 2.17. The van der Waals surface area contributed by atoms with Crippen LogP contribution in [0.5, 0.6) is 0 Å². The van der Waals surface area contributed by atoms with Gasteiger partial charge in [-0.15, -0.1) is 23.1 Å². The van der Waals surface area contributed by atoms with E-state index < -0.39 is 0 Å². The number of carbonyl (C=O) groups is 2. The molecule has 1 aromatic carbocycles. The third-order valence-electron chi connectivity index (χ3n) is 3.72. The monoisotopic (exact) mass is 392 g/mol. The molecule has 0 atom stereocenters. The Morgan fingerprint density at radius 1 is 1.23 bits per heavy atom. The molecule has 7 heteroatoms. The van der Waals surface area contributed by atoms with Crippen molar-refractivity contribution in [1.29, 1.82) is 0 Å². The Labute approximate surface area is 162 Å². The summed E-state index contributed by atoms with van der Waals surface area (Å²) in [6.45, 7) is 6.55. The maximum absolute atomic E-state index is 12.0. The highest BCUT2D eigenvalue weighted by Crippen LogP contribution is 2.28. The lowest BCUT2D eigenvalue weighted by atomic mass is 9.86. The van der Waals surface area contributed by atoms with Gasteiger partial charge in [-0.25, -0.2) is 4.98 Å². The van der Waals surface area contributed by atoms with Gasteiger partial charge in [0.25, 0.3) is 0 Å². The molecule has 2 rings (SSSR count). The van der Waals surface area contributed by atoms with Crippen LogP contribution >= 0.6 is 23.1 Å². The van der Waals surface area contributed by atoms with Crippen LogP contribution in [0.4, 0.5) is 5.13 Å². The number of aromatic nitrogens is 1. The number of ether oxygens (including phenoxy) is 1. The average Bonchev–Trinajstić information content (AvgIpc) is 3.06. The molecule has 1 amide bonds. The number of rotatable bonds is 7. The number of benzene rings is 1. The highest BCUT2D eigenvalue weighted by molar-refractivity contribution is 7.99. The van der Waals surface area contributed by atoms with Gasteiger partial charge in [0.05, 0.1) is 18.6 Å². The van der Waals surface area contributed by atoms with Crippen LogP contribution in [0.25, 0.3) is 11.3 Å². The van der Waals surface area contributed by atoms with Crippen LogP contribution in [0.2, 0.25) is 0 Å². The number of methoxy groups -OCH3 is 1. The summed E-state index contributed by atoms with van der Waals surface area (Å²) in [6, 6.07) is 8.35. The molecule has 0 spiro atoms. The van der Waals surface area contributed by atoms with Crippen molar-refractivity contribution < 1.29 is 14.3 Å². The second-order valence-electron chi connectivity index (χ2n) is 6.79. The quantitative estimate of drug-likeness (QED) is 0.561. The van der Waals surface area contributed by atoms with Gasteiger partial charge in [0.2, 0.25) is 5.91 Å². The molecule has 1 heterocycles. The number of hydrogen-bond donors (Lipinski definition) is 1. The molecule has 0 aliphatic rings. The molecule has 0 saturated carbocycles. The first kappa shape index (κ1) is 20.5. The lowest BCUT2D eigenvalue weighted by molar-refractivity contribution is -0.137. The van der Waals surface area contributed by atoms with Gasteiger partial charge in [-0.3, -0.25) is 9.59 Å². The van der Waals surface area contributed by atoms with Crippen molar-refractivity contribution in [2.24, 2.45) is 0 Å². The summed E-state index contributed by atoms with van der Waals surface area (Å²) in [5, 5.41) is 5.33. The Morgan fingerprint density at radius 3 is 2.54 bits per heavy atom. The number of esters is 1. The number of hydrogen-bond acceptors (Lipinski definition) is 6. The van der Waals surface area contributed by atoms with E-state index in [1.807, 2.05) is 5.38 Å². The lowest BCUT2D eigenvalue weighted by Crippen LogP contribution is -2.13. The predicted octanol–water partition coefficient (Wildman–Crippen LogP) is 4.34. The van der Waals surface area contributed by atoms with E-state index >= 15 is 0 Å². The first-order chi connectivity index (χ1) is 12.3. The van der Waals surface area contributed by atoms with Gasteiger partial charge in [0, 0.05) is 23.1 Å². The van der Waals surface area contributed by atoms with Crippen molar-refractivity contribution in [3.8, 4) is 11.3 Å². The van der Waals surface area contributed by atoms with E-state index in [9.17, 15) is 9.59 Å². The average molecular weight is 393 g/mol. The summed E-state index contributed by atoms with van der Waals surface area (Å²) in [4.78, 5) is 27.5. The normalized spacial score (nSPS) is 11.2. The molecule has 140 valence electrons. The number of nitrogens with zero attached hydrogens (tertiary/aromatic N) is 1. The molecule has 5 nitrogen and oxygen atoms in total. The molecule has 1 N–H and O–H groups in total. The first-order valence-electron chi connectivity index (χ1n) is 8.30. The summed E-state index contributed by atoms with van der Waals surface area (Å²) in [7, 11) is 1.35. The minimum absolute atomic E-state index is 0.105. The first-order valence-corrected chi connectivity index (χ1v) is 10.3. The van der Waals surface area contributed by atoms with Crippen molar-refractivity contribution >= 4 is 40.1 Å². The molecule has 26 heavy (non-hydrogen) atoms. The molecule has 0 saturated heterocycles. The molecule has 0 unspecified atom stereocenters. The zero-order chi connectivity index (χ0) is 19.2. The molecule has 0 fully saturated rings. The summed E-state index contributed by atoms with van der Waals surface area (Å²) < 4.78 is 4.55. The van der Waals surface area contributed by atoms with Crippen molar-refractivity contribution in [3.63, 3.8) is 0 Å². The molecule has 0 aliphatic heterocycles. The number of thiazole rings is 1. The van der Waals surface area contributed by atoms with Crippen LogP contribution < -0.4 is 5.32 Å². The van der Waals surface area contributed by atoms with Crippen LogP contribution in [-0.4, -0.2) is 35.5 Å². The summed E-state index contributed by atoms with van der Waals surface area (Å²) in [5.41, 5.74) is 3.27. The number of carbonyl (C=O) groups excluding carboxylic acids is 2. The number of anilines is 1. The minimum Gasteiger partial charge on any atom is -0.468 e. The predicted molar refractivity (Wildman–Crippen MR) is 109 cm³/mol. The third-order valence-corrected chi connectivity index (χ3v) is 5.41. The van der Waals surface area contributed by atoms with E-state index in [-0.39, 0.29) is 23.0 Å². The second kappa shape index (κ2) is 9.19. The van der Waals surface area contributed by atoms with E-state index in [2.05, 4.69) is 60.1 Å². The van der Waals surface area contributed by atoms with Gasteiger partial charge in [-0.2, -0.15) is 0 Å². The van der Waals surface area contributed by atoms with E-state index in [1.54, 1.807) is 0 Å². The fourth-order valence-corrected chi connectivity index (χ4v) is 3.66. The Balaban J connectivity index is 1.87. The topological polar surface area (TPSA) is 68.3 Å². The van der Waals surface area contributed by atoms with Crippen LogP contribution in [0.15, 0.2) is 29.6 Å². The van der Waals surface area contributed by atoms with Crippen LogP contribution in [0, 0.1) is 0 Å². The molecule has 0 radical (unpaired) electrons. The van der Waals surface area contributed by atoms with Crippen LogP contribution in [-0.2, 0) is 19.7 Å². The Morgan fingerprint density at radius 2 is 1.92 bits per heavy atom. The maximum atomic E-state index is 12.0. The number of thioether (sulfide) groups is 1. The highest BCUT2D eigenvalue weighted by Gasteiger charge is 2.14. The lowest BCUT2D eigenvalue weighted by Gasteiger charge is -2.18. The van der Waals surface area contributed by atoms with Gasteiger partial charge in [-0.05, 0) is 11.0 Å². The summed E-state index contributed by atoms with van der Waals surface area (Å²) in [6.07, 6.45) is 0.330.